The summed E-state index contributed by atoms with van der Waals surface area (Å²) in [4.78, 5) is 28.9. The van der Waals surface area contributed by atoms with E-state index in [9.17, 15) is 9.59 Å². The summed E-state index contributed by atoms with van der Waals surface area (Å²) in [5.74, 6) is 1.18. The molecule has 156 valence electrons. The van der Waals surface area contributed by atoms with Crippen molar-refractivity contribution in [2.75, 3.05) is 31.1 Å². The van der Waals surface area contributed by atoms with Gasteiger partial charge in [-0.25, -0.2) is 4.68 Å². The van der Waals surface area contributed by atoms with Crippen molar-refractivity contribution < 1.29 is 9.21 Å². The van der Waals surface area contributed by atoms with Gasteiger partial charge in [0.25, 0.3) is 5.91 Å². The first-order chi connectivity index (χ1) is 15.1. The second-order valence-electron chi connectivity index (χ2n) is 7.40. The van der Waals surface area contributed by atoms with Gasteiger partial charge in [0.15, 0.2) is 22.8 Å². The second kappa shape index (κ2) is 7.67. The van der Waals surface area contributed by atoms with Crippen LogP contribution in [0.5, 0.6) is 0 Å². The van der Waals surface area contributed by atoms with Crippen LogP contribution in [0.15, 0.2) is 63.9 Å². The fourth-order valence-electron chi connectivity index (χ4n) is 3.66. The fraction of sp³-hybridized carbons (Fsp3) is 0.227. The van der Waals surface area contributed by atoms with Crippen LogP contribution in [0.1, 0.15) is 16.2 Å². The number of anilines is 1. The smallest absolute Gasteiger partial charge is 0.289 e. The summed E-state index contributed by atoms with van der Waals surface area (Å²) >= 11 is 0. The Labute approximate surface area is 177 Å². The highest BCUT2D eigenvalue weighted by Gasteiger charge is 2.25. The maximum Gasteiger partial charge on any atom is 0.289 e. The Hall–Kier alpha value is -4.01. The molecule has 9 heteroatoms. The van der Waals surface area contributed by atoms with Crippen LogP contribution in [-0.2, 0) is 0 Å². The molecule has 0 atom stereocenters. The van der Waals surface area contributed by atoms with Crippen molar-refractivity contribution in [3.63, 3.8) is 0 Å². The largest absolute Gasteiger partial charge is 0.451 e. The molecule has 1 aliphatic rings. The van der Waals surface area contributed by atoms with Gasteiger partial charge in [-0.3, -0.25) is 9.59 Å². The Bertz CT molecular complexity index is 1300. The molecule has 4 aromatic rings. The molecule has 1 fully saturated rings. The molecule has 0 bridgehead atoms. The van der Waals surface area contributed by atoms with Gasteiger partial charge < -0.3 is 14.2 Å². The van der Waals surface area contributed by atoms with E-state index >= 15 is 0 Å². The molecular weight excluding hydrogens is 396 g/mol. The summed E-state index contributed by atoms with van der Waals surface area (Å²) < 4.78 is 7.37. The lowest BCUT2D eigenvalue weighted by Crippen LogP contribution is -2.49. The number of aryl methyl sites for hydroxylation is 1. The molecule has 1 aliphatic heterocycles. The van der Waals surface area contributed by atoms with Crippen LogP contribution >= 0.6 is 0 Å². The minimum Gasteiger partial charge on any atom is -0.451 e. The quantitative estimate of drug-likeness (QED) is 0.504. The summed E-state index contributed by atoms with van der Waals surface area (Å²) in [6, 6.07) is 13.9. The van der Waals surface area contributed by atoms with Crippen molar-refractivity contribution in [2.45, 2.75) is 6.92 Å². The highest BCUT2D eigenvalue weighted by molar-refractivity contribution is 5.93. The third-order valence-electron chi connectivity index (χ3n) is 5.33. The molecule has 0 N–H and O–H groups in total. The number of benzene rings is 1. The molecule has 0 spiro atoms. The van der Waals surface area contributed by atoms with E-state index in [0.29, 0.717) is 43.0 Å². The predicted molar refractivity (Wildman–Crippen MR) is 114 cm³/mol. The van der Waals surface area contributed by atoms with Crippen LogP contribution in [0.2, 0.25) is 0 Å². The number of amides is 1. The van der Waals surface area contributed by atoms with E-state index in [-0.39, 0.29) is 17.1 Å². The number of para-hydroxylation sites is 1. The molecule has 0 saturated carbocycles. The average molecular weight is 416 g/mol. The lowest BCUT2D eigenvalue weighted by molar-refractivity contribution is 0.0715. The first kappa shape index (κ1) is 19.0. The monoisotopic (exact) mass is 416 g/mol. The van der Waals surface area contributed by atoms with Gasteiger partial charge in [-0.15, -0.1) is 10.2 Å². The fourth-order valence-corrected chi connectivity index (χ4v) is 3.66. The number of carbonyl (C=O) groups excluding carboxylic acids is 1. The Morgan fingerprint density at radius 1 is 0.968 bits per heavy atom. The Balaban J connectivity index is 1.27. The van der Waals surface area contributed by atoms with Crippen LogP contribution in [0, 0.1) is 6.92 Å². The first-order valence-corrected chi connectivity index (χ1v) is 10.0. The van der Waals surface area contributed by atoms with Crippen molar-refractivity contribution in [1.29, 1.82) is 0 Å². The number of rotatable bonds is 3. The van der Waals surface area contributed by atoms with Crippen molar-refractivity contribution in [3.05, 3.63) is 76.4 Å². The van der Waals surface area contributed by atoms with Gasteiger partial charge in [0, 0.05) is 38.4 Å². The van der Waals surface area contributed by atoms with Gasteiger partial charge in [-0.1, -0.05) is 12.1 Å². The van der Waals surface area contributed by atoms with Gasteiger partial charge in [0.2, 0.25) is 0 Å². The van der Waals surface area contributed by atoms with E-state index < -0.39 is 0 Å². The molecule has 0 radical (unpaired) electrons. The zero-order valence-electron chi connectivity index (χ0n) is 16.9. The predicted octanol–water partition coefficient (Wildman–Crippen LogP) is 2.04. The number of nitrogens with zero attached hydrogens (tertiary/aromatic N) is 6. The summed E-state index contributed by atoms with van der Waals surface area (Å²) in [7, 11) is 0. The molecule has 1 aromatic carbocycles. The zero-order valence-corrected chi connectivity index (χ0v) is 16.9. The van der Waals surface area contributed by atoms with Crippen LogP contribution in [0.3, 0.4) is 0 Å². The Kier molecular flexibility index (Phi) is 4.70. The Morgan fingerprint density at radius 2 is 1.71 bits per heavy atom. The van der Waals surface area contributed by atoms with Crippen molar-refractivity contribution >= 4 is 22.7 Å². The van der Waals surface area contributed by atoms with Crippen LogP contribution in [-0.4, -0.2) is 57.0 Å². The van der Waals surface area contributed by atoms with Gasteiger partial charge in [0.05, 0.1) is 11.1 Å². The molecular formula is C22H20N6O3. The highest BCUT2D eigenvalue weighted by atomic mass is 16.3. The SMILES string of the molecule is Cc1ccn(-c2ccc(N3CCN(C(=O)c4cc(=O)c5ccccc5o4)CC3)nn2)n1. The van der Waals surface area contributed by atoms with Gasteiger partial charge >= 0.3 is 0 Å². The number of carbonyl (C=O) groups is 1. The molecule has 9 nitrogen and oxygen atoms in total. The molecule has 1 amide bonds. The third kappa shape index (κ3) is 3.65. The van der Waals surface area contributed by atoms with Crippen molar-refractivity contribution in [2.24, 2.45) is 0 Å². The van der Waals surface area contributed by atoms with E-state index in [1.807, 2.05) is 31.3 Å². The van der Waals surface area contributed by atoms with Gasteiger partial charge in [-0.2, -0.15) is 5.10 Å². The molecule has 0 aliphatic carbocycles. The summed E-state index contributed by atoms with van der Waals surface area (Å²) in [6.07, 6.45) is 1.84. The summed E-state index contributed by atoms with van der Waals surface area (Å²) in [5, 5.41) is 13.4. The molecule has 0 unspecified atom stereocenters. The molecule has 4 heterocycles. The topological polar surface area (TPSA) is 97.4 Å². The van der Waals surface area contributed by atoms with Gasteiger partial charge in [0.1, 0.15) is 5.58 Å². The number of fused-ring (bicyclic) bond motifs is 1. The minimum atomic E-state index is -0.280. The number of hydrogen-bond acceptors (Lipinski definition) is 7. The minimum absolute atomic E-state index is 0.0656. The Morgan fingerprint density at radius 3 is 2.42 bits per heavy atom. The normalized spacial score (nSPS) is 14.2. The number of aromatic nitrogens is 4. The highest BCUT2D eigenvalue weighted by Crippen LogP contribution is 2.17. The average Bonchev–Trinajstić information content (AvgIpc) is 3.25. The second-order valence-corrected chi connectivity index (χ2v) is 7.40. The van der Waals surface area contributed by atoms with E-state index in [1.54, 1.807) is 33.8 Å². The molecule has 5 rings (SSSR count). The van der Waals surface area contributed by atoms with E-state index in [1.165, 1.54) is 6.07 Å². The maximum atomic E-state index is 12.9. The molecule has 31 heavy (non-hydrogen) atoms. The van der Waals surface area contributed by atoms with Crippen molar-refractivity contribution in [1.82, 2.24) is 24.9 Å². The van der Waals surface area contributed by atoms with Gasteiger partial charge in [-0.05, 0) is 37.3 Å². The number of hydrogen-bond donors (Lipinski definition) is 0. The van der Waals surface area contributed by atoms with E-state index in [2.05, 4.69) is 20.2 Å². The lowest BCUT2D eigenvalue weighted by Gasteiger charge is -2.34. The van der Waals surface area contributed by atoms with E-state index in [4.69, 9.17) is 4.42 Å². The maximum absolute atomic E-state index is 12.9. The third-order valence-corrected chi connectivity index (χ3v) is 5.33. The number of piperazine rings is 1. The van der Waals surface area contributed by atoms with E-state index in [0.717, 1.165) is 11.5 Å². The molecule has 3 aromatic heterocycles. The first-order valence-electron chi connectivity index (χ1n) is 10.0. The lowest BCUT2D eigenvalue weighted by atomic mass is 10.2. The van der Waals surface area contributed by atoms with Crippen LogP contribution < -0.4 is 10.3 Å². The molecule has 1 saturated heterocycles. The van der Waals surface area contributed by atoms with Crippen LogP contribution in [0.25, 0.3) is 16.8 Å². The summed E-state index contributed by atoms with van der Waals surface area (Å²) in [6.45, 7) is 4.13. The zero-order chi connectivity index (χ0) is 21.4. The van der Waals surface area contributed by atoms with Crippen molar-refractivity contribution in [3.8, 4) is 5.82 Å². The van der Waals surface area contributed by atoms with Crippen LogP contribution in [0.4, 0.5) is 5.82 Å². The standard InChI is InChI=1S/C22H20N6O3/c1-15-8-9-28(25-15)21-7-6-20(23-24-21)26-10-12-27(13-11-26)22(30)19-14-17(29)16-4-2-3-5-18(16)31-19/h2-9,14H,10-13H2,1H3. The summed E-state index contributed by atoms with van der Waals surface area (Å²) in [5.41, 5.74) is 1.11.